The molecule has 0 aliphatic rings. The molecule has 0 amide bonds. The Balaban J connectivity index is 1.74. The Hall–Kier alpha value is -3.98. The molecule has 4 rings (SSSR count). The van der Waals surface area contributed by atoms with Crippen LogP contribution in [0.3, 0.4) is 0 Å². The maximum absolute atomic E-state index is 12.6. The van der Waals surface area contributed by atoms with Crippen LogP contribution in [-0.4, -0.2) is 30.4 Å². The zero-order valence-electron chi connectivity index (χ0n) is 17.1. The van der Waals surface area contributed by atoms with Crippen molar-refractivity contribution in [2.75, 3.05) is 5.43 Å². The highest BCUT2D eigenvalue weighted by molar-refractivity contribution is 5.80. The highest BCUT2D eigenvalue weighted by atomic mass is 16.3. The van der Waals surface area contributed by atoms with Gasteiger partial charge in [-0.15, -0.1) is 0 Å². The van der Waals surface area contributed by atoms with Crippen LogP contribution in [0.15, 0.2) is 69.3 Å². The van der Waals surface area contributed by atoms with E-state index in [1.807, 2.05) is 49.4 Å². The smallest absolute Gasteiger partial charge is 0.329 e. The van der Waals surface area contributed by atoms with Gasteiger partial charge in [-0.2, -0.15) is 10.1 Å². The minimum atomic E-state index is -0.892. The Kier molecular flexibility index (Phi) is 5.50. The normalized spacial score (nSPS) is 12.5. The van der Waals surface area contributed by atoms with E-state index in [1.54, 1.807) is 18.3 Å². The van der Waals surface area contributed by atoms with Crippen molar-refractivity contribution < 1.29 is 5.11 Å². The molecule has 1 atom stereocenters. The van der Waals surface area contributed by atoms with Gasteiger partial charge in [-0.1, -0.05) is 60.2 Å². The first-order valence-corrected chi connectivity index (χ1v) is 9.72. The fourth-order valence-electron chi connectivity index (χ4n) is 3.27. The van der Waals surface area contributed by atoms with E-state index in [0.29, 0.717) is 5.56 Å². The number of hydrogen-bond acceptors (Lipinski definition) is 6. The van der Waals surface area contributed by atoms with E-state index in [0.717, 1.165) is 11.1 Å². The molecule has 0 saturated heterocycles. The Morgan fingerprint density at radius 2 is 1.87 bits per heavy atom. The van der Waals surface area contributed by atoms with E-state index in [1.165, 1.54) is 16.2 Å². The highest BCUT2D eigenvalue weighted by Gasteiger charge is 2.20. The van der Waals surface area contributed by atoms with Crippen LogP contribution in [0.2, 0.25) is 0 Å². The van der Waals surface area contributed by atoms with Crippen LogP contribution < -0.4 is 16.7 Å². The lowest BCUT2D eigenvalue weighted by Gasteiger charge is -2.14. The molecule has 0 saturated carbocycles. The number of aliphatic hydroxyl groups is 1. The molecule has 0 radical (unpaired) electrons. The maximum Gasteiger partial charge on any atom is 0.329 e. The van der Waals surface area contributed by atoms with E-state index in [9.17, 15) is 14.7 Å². The van der Waals surface area contributed by atoms with E-state index in [4.69, 9.17) is 0 Å². The summed E-state index contributed by atoms with van der Waals surface area (Å²) in [6.45, 7) is 2.05. The summed E-state index contributed by atoms with van der Waals surface area (Å²) in [5, 5.41) is 14.9. The van der Waals surface area contributed by atoms with E-state index < -0.39 is 17.4 Å². The summed E-state index contributed by atoms with van der Waals surface area (Å²) in [5.41, 5.74) is 4.77. The molecule has 2 aromatic carbocycles. The molecule has 0 aliphatic heterocycles. The summed E-state index contributed by atoms with van der Waals surface area (Å²) in [7, 11) is 1.52. The van der Waals surface area contributed by atoms with Crippen molar-refractivity contribution in [3.05, 3.63) is 92.1 Å². The zero-order chi connectivity index (χ0) is 22.0. The number of aromatic amines is 1. The van der Waals surface area contributed by atoms with Crippen molar-refractivity contribution in [1.29, 1.82) is 0 Å². The average Bonchev–Trinajstić information content (AvgIpc) is 3.13. The number of hydrazone groups is 1. The molecule has 9 heteroatoms. The number of aliphatic hydroxyl groups excluding tert-OH is 1. The third kappa shape index (κ3) is 4.17. The number of fused-ring (bicyclic) bond motifs is 1. The summed E-state index contributed by atoms with van der Waals surface area (Å²) in [6.07, 6.45) is 0.733. The van der Waals surface area contributed by atoms with Crippen molar-refractivity contribution in [2.45, 2.75) is 19.6 Å². The molecule has 0 bridgehead atoms. The summed E-state index contributed by atoms with van der Waals surface area (Å²) in [5.74, 6) is 0.236. The highest BCUT2D eigenvalue weighted by Crippen LogP contribution is 2.21. The Morgan fingerprint density at radius 3 is 2.58 bits per heavy atom. The predicted octanol–water partition coefficient (Wildman–Crippen LogP) is 1.91. The van der Waals surface area contributed by atoms with Gasteiger partial charge in [-0.05, 0) is 18.1 Å². The van der Waals surface area contributed by atoms with Gasteiger partial charge in [0, 0.05) is 7.05 Å². The van der Waals surface area contributed by atoms with Crippen molar-refractivity contribution in [1.82, 2.24) is 19.1 Å². The van der Waals surface area contributed by atoms with Crippen molar-refractivity contribution in [3.63, 3.8) is 0 Å². The number of aryl methyl sites for hydroxylation is 2. The van der Waals surface area contributed by atoms with Crippen molar-refractivity contribution >= 4 is 23.3 Å². The lowest BCUT2D eigenvalue weighted by molar-refractivity contribution is 0.158. The molecule has 9 nitrogen and oxygen atoms in total. The number of benzene rings is 2. The lowest BCUT2D eigenvalue weighted by atomic mass is 10.1. The van der Waals surface area contributed by atoms with Crippen LogP contribution in [0.4, 0.5) is 5.95 Å². The van der Waals surface area contributed by atoms with Gasteiger partial charge in [-0.25, -0.2) is 10.2 Å². The van der Waals surface area contributed by atoms with Gasteiger partial charge in [0.1, 0.15) is 0 Å². The molecular weight excluding hydrogens is 396 g/mol. The van der Waals surface area contributed by atoms with Crippen LogP contribution >= 0.6 is 0 Å². The SMILES string of the molecule is Cc1ccc(/C=N/Nc2nc3c(c(=O)[nH]c(=O)n3C)n2CC(O)c2ccccc2)cc1. The minimum Gasteiger partial charge on any atom is -0.387 e. The second-order valence-electron chi connectivity index (χ2n) is 7.24. The summed E-state index contributed by atoms with van der Waals surface area (Å²) in [6, 6.07) is 16.9. The number of nitrogens with one attached hydrogen (secondary N) is 2. The van der Waals surface area contributed by atoms with Crippen LogP contribution in [0.5, 0.6) is 0 Å². The third-order valence-electron chi connectivity index (χ3n) is 5.00. The van der Waals surface area contributed by atoms with Crippen LogP contribution in [0.1, 0.15) is 22.8 Å². The summed E-state index contributed by atoms with van der Waals surface area (Å²) < 4.78 is 2.77. The van der Waals surface area contributed by atoms with Gasteiger partial charge < -0.3 is 5.11 Å². The van der Waals surface area contributed by atoms with E-state index in [-0.39, 0.29) is 23.7 Å². The Labute approximate surface area is 177 Å². The third-order valence-corrected chi connectivity index (χ3v) is 5.00. The molecule has 158 valence electrons. The molecule has 1 unspecified atom stereocenters. The quantitative estimate of drug-likeness (QED) is 0.327. The first-order valence-electron chi connectivity index (χ1n) is 9.72. The first kappa shape index (κ1) is 20.3. The number of anilines is 1. The molecule has 3 N–H and O–H groups in total. The standard InChI is InChI=1S/C22H22N6O3/c1-14-8-10-15(11-9-14)12-23-26-21-24-19-18(20(30)25-22(31)27(19)2)28(21)13-17(29)16-6-4-3-5-7-16/h3-12,17,29H,13H2,1-2H3,(H,24,26)(H,25,30,31)/b23-12+. The lowest BCUT2D eigenvalue weighted by Crippen LogP contribution is -2.29. The molecule has 2 heterocycles. The fourth-order valence-corrected chi connectivity index (χ4v) is 3.27. The van der Waals surface area contributed by atoms with Gasteiger partial charge in [0.05, 0.1) is 18.9 Å². The number of aromatic nitrogens is 4. The van der Waals surface area contributed by atoms with Gasteiger partial charge in [-0.3, -0.25) is 18.9 Å². The average molecular weight is 418 g/mol. The predicted molar refractivity (Wildman–Crippen MR) is 119 cm³/mol. The monoisotopic (exact) mass is 418 g/mol. The van der Waals surface area contributed by atoms with Gasteiger partial charge in [0.15, 0.2) is 11.2 Å². The van der Waals surface area contributed by atoms with Crippen molar-refractivity contribution in [3.8, 4) is 0 Å². The van der Waals surface area contributed by atoms with Crippen LogP contribution in [0.25, 0.3) is 11.2 Å². The number of rotatable bonds is 6. The fraction of sp³-hybridized carbons (Fsp3) is 0.182. The minimum absolute atomic E-state index is 0.0458. The maximum atomic E-state index is 12.6. The summed E-state index contributed by atoms with van der Waals surface area (Å²) in [4.78, 5) is 31.2. The van der Waals surface area contributed by atoms with Gasteiger partial charge >= 0.3 is 5.69 Å². The zero-order valence-corrected chi connectivity index (χ0v) is 17.1. The second-order valence-corrected chi connectivity index (χ2v) is 7.24. The molecular formula is C22H22N6O3. The Bertz CT molecular complexity index is 1350. The second kappa shape index (κ2) is 8.41. The van der Waals surface area contributed by atoms with E-state index in [2.05, 4.69) is 20.5 Å². The number of H-pyrrole nitrogens is 1. The van der Waals surface area contributed by atoms with Crippen LogP contribution in [0, 0.1) is 6.92 Å². The van der Waals surface area contributed by atoms with Crippen molar-refractivity contribution in [2.24, 2.45) is 12.1 Å². The molecule has 0 fully saturated rings. The first-order chi connectivity index (χ1) is 14.9. The molecule has 2 aromatic heterocycles. The Morgan fingerprint density at radius 1 is 1.16 bits per heavy atom. The molecule has 0 aliphatic carbocycles. The largest absolute Gasteiger partial charge is 0.387 e. The van der Waals surface area contributed by atoms with Crippen LogP contribution in [-0.2, 0) is 13.6 Å². The van der Waals surface area contributed by atoms with E-state index >= 15 is 0 Å². The molecule has 0 spiro atoms. The molecule has 4 aromatic rings. The van der Waals surface area contributed by atoms with Gasteiger partial charge in [0.25, 0.3) is 5.56 Å². The van der Waals surface area contributed by atoms with Gasteiger partial charge in [0.2, 0.25) is 5.95 Å². The molecule has 31 heavy (non-hydrogen) atoms. The number of nitrogens with zero attached hydrogens (tertiary/aromatic N) is 4. The number of hydrogen-bond donors (Lipinski definition) is 3. The number of imidazole rings is 1. The topological polar surface area (TPSA) is 117 Å². The summed E-state index contributed by atoms with van der Waals surface area (Å²) >= 11 is 0.